The fourth-order valence-corrected chi connectivity index (χ4v) is 3.13. The lowest BCUT2D eigenvalue weighted by atomic mass is 9.93. The first-order valence-electron chi connectivity index (χ1n) is 8.26. The van der Waals surface area contributed by atoms with E-state index < -0.39 is 6.04 Å². The van der Waals surface area contributed by atoms with Crippen molar-refractivity contribution in [2.45, 2.75) is 32.7 Å². The van der Waals surface area contributed by atoms with Gasteiger partial charge in [0, 0.05) is 7.05 Å². The normalized spacial score (nSPS) is 20.8. The van der Waals surface area contributed by atoms with Crippen LogP contribution < -0.4 is 5.32 Å². The molecule has 24 heavy (non-hydrogen) atoms. The standard InChI is InChI=1S/C18H23N3O3/c1-5-24-21-10-14-15(17(21)22)16(19-18(23)20(14)4)13-8-6-12(7-9-13)11(2)3/h6-9,11,16H,5,10H2,1-4H3,(H,19,23)/t16-/m1/s1. The third kappa shape index (κ3) is 2.67. The van der Waals surface area contributed by atoms with E-state index in [0.717, 1.165) is 5.56 Å². The zero-order valence-electron chi connectivity index (χ0n) is 14.5. The molecule has 1 aromatic carbocycles. The van der Waals surface area contributed by atoms with Crippen molar-refractivity contribution in [3.8, 4) is 0 Å². The van der Waals surface area contributed by atoms with Crippen molar-refractivity contribution < 1.29 is 14.4 Å². The molecule has 2 aliphatic rings. The average molecular weight is 329 g/mol. The van der Waals surface area contributed by atoms with Gasteiger partial charge in [-0.3, -0.25) is 14.5 Å². The van der Waals surface area contributed by atoms with Crippen LogP contribution in [0.3, 0.4) is 0 Å². The van der Waals surface area contributed by atoms with Gasteiger partial charge in [-0.25, -0.2) is 9.86 Å². The van der Waals surface area contributed by atoms with Crippen molar-refractivity contribution in [1.82, 2.24) is 15.3 Å². The highest BCUT2D eigenvalue weighted by molar-refractivity contribution is 6.00. The van der Waals surface area contributed by atoms with E-state index in [1.54, 1.807) is 7.05 Å². The summed E-state index contributed by atoms with van der Waals surface area (Å²) in [7, 11) is 1.67. The minimum absolute atomic E-state index is 0.184. The van der Waals surface area contributed by atoms with Gasteiger partial charge in [0.15, 0.2) is 0 Å². The Morgan fingerprint density at radius 1 is 1.25 bits per heavy atom. The van der Waals surface area contributed by atoms with Crippen molar-refractivity contribution in [3.05, 3.63) is 46.7 Å². The van der Waals surface area contributed by atoms with Crippen molar-refractivity contribution in [2.75, 3.05) is 20.2 Å². The van der Waals surface area contributed by atoms with E-state index >= 15 is 0 Å². The van der Waals surface area contributed by atoms with Gasteiger partial charge in [-0.05, 0) is 24.0 Å². The van der Waals surface area contributed by atoms with E-state index in [9.17, 15) is 9.59 Å². The fraction of sp³-hybridized carbons (Fsp3) is 0.444. The highest BCUT2D eigenvalue weighted by Crippen LogP contribution is 2.36. The Hall–Kier alpha value is -2.34. The Bertz CT molecular complexity index is 694. The molecule has 0 unspecified atom stereocenters. The van der Waals surface area contributed by atoms with Crippen molar-refractivity contribution >= 4 is 11.9 Å². The van der Waals surface area contributed by atoms with E-state index in [1.807, 2.05) is 31.2 Å². The largest absolute Gasteiger partial charge is 0.327 e. The molecule has 0 aromatic heterocycles. The first kappa shape index (κ1) is 16.5. The smallest absolute Gasteiger partial charge is 0.322 e. The third-order valence-corrected chi connectivity index (χ3v) is 4.55. The van der Waals surface area contributed by atoms with Crippen LogP contribution in [0, 0.1) is 0 Å². The molecule has 0 fully saturated rings. The maximum Gasteiger partial charge on any atom is 0.322 e. The summed E-state index contributed by atoms with van der Waals surface area (Å²) in [5, 5.41) is 4.25. The number of urea groups is 1. The van der Waals surface area contributed by atoms with Crippen LogP contribution in [0.2, 0.25) is 0 Å². The van der Waals surface area contributed by atoms with Crippen LogP contribution in [0.5, 0.6) is 0 Å². The van der Waals surface area contributed by atoms with Crippen molar-refractivity contribution in [2.24, 2.45) is 0 Å². The van der Waals surface area contributed by atoms with Crippen LogP contribution in [0.15, 0.2) is 35.5 Å². The first-order valence-corrected chi connectivity index (χ1v) is 8.26. The molecular weight excluding hydrogens is 306 g/mol. The highest BCUT2D eigenvalue weighted by Gasteiger charge is 2.43. The number of nitrogens with zero attached hydrogens (tertiary/aromatic N) is 2. The molecule has 3 amide bonds. The molecular formula is C18H23N3O3. The zero-order valence-corrected chi connectivity index (χ0v) is 14.5. The maximum atomic E-state index is 12.7. The summed E-state index contributed by atoms with van der Waals surface area (Å²) < 4.78 is 0. The van der Waals surface area contributed by atoms with Crippen LogP contribution in [0.4, 0.5) is 4.79 Å². The van der Waals surface area contributed by atoms with E-state index in [4.69, 9.17) is 4.84 Å². The molecule has 1 aromatic rings. The molecule has 6 nitrogen and oxygen atoms in total. The molecule has 2 aliphatic heterocycles. The van der Waals surface area contributed by atoms with E-state index in [0.29, 0.717) is 30.3 Å². The van der Waals surface area contributed by atoms with Crippen LogP contribution >= 0.6 is 0 Å². The molecule has 0 saturated carbocycles. The summed E-state index contributed by atoms with van der Waals surface area (Å²) in [6.07, 6.45) is 0. The van der Waals surface area contributed by atoms with Gasteiger partial charge in [0.25, 0.3) is 5.91 Å². The Kier molecular flexibility index (Phi) is 4.32. The number of hydroxylamine groups is 2. The van der Waals surface area contributed by atoms with Crippen LogP contribution in [0.25, 0.3) is 0 Å². The summed E-state index contributed by atoms with van der Waals surface area (Å²) in [5.41, 5.74) is 3.42. The molecule has 0 aliphatic carbocycles. The lowest BCUT2D eigenvalue weighted by molar-refractivity contribution is -0.174. The zero-order chi connectivity index (χ0) is 17.4. The average Bonchev–Trinajstić information content (AvgIpc) is 2.89. The highest BCUT2D eigenvalue weighted by atomic mass is 16.7. The van der Waals surface area contributed by atoms with E-state index in [-0.39, 0.29) is 11.9 Å². The van der Waals surface area contributed by atoms with Gasteiger partial charge < -0.3 is 5.32 Å². The van der Waals surface area contributed by atoms with Gasteiger partial charge in [0.05, 0.1) is 30.5 Å². The maximum absolute atomic E-state index is 12.7. The molecule has 3 rings (SSSR count). The van der Waals surface area contributed by atoms with Gasteiger partial charge in [0.2, 0.25) is 0 Å². The minimum atomic E-state index is -0.442. The Labute approximate surface area is 142 Å². The molecule has 0 bridgehead atoms. The van der Waals surface area contributed by atoms with Gasteiger partial charge in [-0.1, -0.05) is 38.1 Å². The fourth-order valence-electron chi connectivity index (χ4n) is 3.13. The summed E-state index contributed by atoms with van der Waals surface area (Å²) in [6.45, 7) is 6.80. The molecule has 1 atom stereocenters. The van der Waals surface area contributed by atoms with Crippen molar-refractivity contribution in [3.63, 3.8) is 0 Å². The summed E-state index contributed by atoms with van der Waals surface area (Å²) >= 11 is 0. The molecule has 6 heteroatoms. The monoisotopic (exact) mass is 329 g/mol. The molecule has 2 heterocycles. The number of benzene rings is 1. The molecule has 1 N–H and O–H groups in total. The van der Waals surface area contributed by atoms with Gasteiger partial charge in [-0.15, -0.1) is 0 Å². The summed E-state index contributed by atoms with van der Waals surface area (Å²) in [6, 6.07) is 7.40. The lowest BCUT2D eigenvalue weighted by Crippen LogP contribution is -2.45. The Morgan fingerprint density at radius 2 is 1.92 bits per heavy atom. The number of likely N-dealkylation sites (N-methyl/N-ethyl adjacent to an activating group) is 1. The van der Waals surface area contributed by atoms with Crippen molar-refractivity contribution in [1.29, 1.82) is 0 Å². The number of carbonyl (C=O) groups excluding carboxylic acids is 2. The van der Waals surface area contributed by atoms with Gasteiger partial charge in [-0.2, -0.15) is 0 Å². The van der Waals surface area contributed by atoms with Gasteiger partial charge >= 0.3 is 6.03 Å². The lowest BCUT2D eigenvalue weighted by Gasteiger charge is -2.31. The molecule has 0 saturated heterocycles. The molecule has 0 radical (unpaired) electrons. The number of carbonyl (C=O) groups is 2. The van der Waals surface area contributed by atoms with Crippen LogP contribution in [-0.2, 0) is 9.63 Å². The summed E-state index contributed by atoms with van der Waals surface area (Å²) in [5.74, 6) is 0.249. The SMILES string of the molecule is CCON1CC2=C(C1=O)[C@@H](c1ccc(C(C)C)cc1)NC(=O)N2C. The summed E-state index contributed by atoms with van der Waals surface area (Å²) in [4.78, 5) is 31.9. The first-order chi connectivity index (χ1) is 11.4. The second-order valence-corrected chi connectivity index (χ2v) is 6.38. The molecule has 0 spiro atoms. The Morgan fingerprint density at radius 3 is 2.50 bits per heavy atom. The Balaban J connectivity index is 1.98. The van der Waals surface area contributed by atoms with Crippen LogP contribution in [0.1, 0.15) is 43.9 Å². The quantitative estimate of drug-likeness (QED) is 0.923. The van der Waals surface area contributed by atoms with E-state index in [1.165, 1.54) is 15.5 Å². The topological polar surface area (TPSA) is 61.9 Å². The molecule has 128 valence electrons. The number of amides is 3. The number of hydrogen-bond donors (Lipinski definition) is 1. The predicted octanol–water partition coefficient (Wildman–Crippen LogP) is 2.55. The van der Waals surface area contributed by atoms with E-state index in [2.05, 4.69) is 19.2 Å². The predicted molar refractivity (Wildman–Crippen MR) is 89.9 cm³/mol. The third-order valence-electron chi connectivity index (χ3n) is 4.55. The number of hydrogen-bond acceptors (Lipinski definition) is 3. The second kappa shape index (κ2) is 6.28. The number of nitrogens with one attached hydrogen (secondary N) is 1. The second-order valence-electron chi connectivity index (χ2n) is 6.38. The van der Waals surface area contributed by atoms with Crippen LogP contribution in [-0.4, -0.2) is 42.1 Å². The minimum Gasteiger partial charge on any atom is -0.327 e. The van der Waals surface area contributed by atoms with Gasteiger partial charge in [0.1, 0.15) is 0 Å². The number of rotatable bonds is 4.